The Labute approximate surface area is 122 Å². The molecule has 1 saturated carbocycles. The van der Waals surface area contributed by atoms with E-state index in [0.29, 0.717) is 11.1 Å². The normalized spacial score (nSPS) is 18.0. The van der Waals surface area contributed by atoms with Crippen molar-refractivity contribution in [3.63, 3.8) is 0 Å². The van der Waals surface area contributed by atoms with Gasteiger partial charge in [0.15, 0.2) is 0 Å². The van der Waals surface area contributed by atoms with Gasteiger partial charge in [-0.1, -0.05) is 26.2 Å². The first-order chi connectivity index (χ1) is 9.48. The number of rotatable bonds is 5. The van der Waals surface area contributed by atoms with Gasteiger partial charge in [0.25, 0.3) is 0 Å². The molecule has 3 heteroatoms. The number of hydrogen-bond donors (Lipinski definition) is 2. The Morgan fingerprint density at radius 3 is 2.60 bits per heavy atom. The molecule has 0 atom stereocenters. The molecule has 1 fully saturated rings. The van der Waals surface area contributed by atoms with E-state index in [-0.39, 0.29) is 6.10 Å². The van der Waals surface area contributed by atoms with Gasteiger partial charge in [0, 0.05) is 18.3 Å². The van der Waals surface area contributed by atoms with Crippen LogP contribution < -0.4 is 15.8 Å². The number of ether oxygens (including phenoxy) is 1. The molecule has 3 nitrogen and oxygen atoms in total. The van der Waals surface area contributed by atoms with Gasteiger partial charge in [0.2, 0.25) is 0 Å². The SMILES string of the molecule is CC(C)Oc1cc(NCC2(C)CCCCC2)ccc1N. The molecule has 2 rings (SSSR count). The third kappa shape index (κ3) is 4.06. The number of anilines is 2. The summed E-state index contributed by atoms with van der Waals surface area (Å²) in [5.74, 6) is 0.777. The Kier molecular flexibility index (Phi) is 4.79. The van der Waals surface area contributed by atoms with E-state index >= 15 is 0 Å². The van der Waals surface area contributed by atoms with Crippen molar-refractivity contribution >= 4 is 11.4 Å². The fourth-order valence-corrected chi connectivity index (χ4v) is 2.90. The molecular weight excluding hydrogens is 248 g/mol. The Morgan fingerprint density at radius 2 is 1.95 bits per heavy atom. The van der Waals surface area contributed by atoms with Crippen LogP contribution in [-0.4, -0.2) is 12.6 Å². The number of nitrogens with two attached hydrogens (primary N) is 1. The molecule has 1 aromatic rings. The van der Waals surface area contributed by atoms with Crippen molar-refractivity contribution in [2.45, 2.75) is 59.0 Å². The molecule has 0 amide bonds. The molecule has 112 valence electrons. The quantitative estimate of drug-likeness (QED) is 0.782. The summed E-state index contributed by atoms with van der Waals surface area (Å²) in [6.07, 6.45) is 6.91. The summed E-state index contributed by atoms with van der Waals surface area (Å²) in [7, 11) is 0. The standard InChI is InChI=1S/C17H28N2O/c1-13(2)20-16-11-14(7-8-15(16)18)19-12-17(3)9-5-4-6-10-17/h7-8,11,13,19H,4-6,9-10,12,18H2,1-3H3. The fraction of sp³-hybridized carbons (Fsp3) is 0.647. The second kappa shape index (κ2) is 6.38. The number of nitrogen functional groups attached to an aromatic ring is 1. The lowest BCUT2D eigenvalue weighted by atomic mass is 9.76. The highest BCUT2D eigenvalue weighted by atomic mass is 16.5. The van der Waals surface area contributed by atoms with Crippen molar-refractivity contribution in [2.24, 2.45) is 5.41 Å². The zero-order valence-corrected chi connectivity index (χ0v) is 13.0. The van der Waals surface area contributed by atoms with Crippen molar-refractivity contribution in [1.82, 2.24) is 0 Å². The van der Waals surface area contributed by atoms with Gasteiger partial charge in [-0.15, -0.1) is 0 Å². The van der Waals surface area contributed by atoms with Crippen LogP contribution in [0.3, 0.4) is 0 Å². The first-order valence-corrected chi connectivity index (χ1v) is 7.79. The molecule has 0 bridgehead atoms. The molecule has 0 unspecified atom stereocenters. The molecule has 1 aromatic carbocycles. The molecule has 0 heterocycles. The van der Waals surface area contributed by atoms with Crippen LogP contribution in [0.5, 0.6) is 5.75 Å². The lowest BCUT2D eigenvalue weighted by molar-refractivity contribution is 0.233. The van der Waals surface area contributed by atoms with Gasteiger partial charge in [-0.3, -0.25) is 0 Å². The van der Waals surface area contributed by atoms with Gasteiger partial charge in [-0.2, -0.15) is 0 Å². The highest BCUT2D eigenvalue weighted by Crippen LogP contribution is 2.36. The minimum atomic E-state index is 0.142. The molecule has 1 aliphatic carbocycles. The largest absolute Gasteiger partial charge is 0.489 e. The average Bonchev–Trinajstić information content (AvgIpc) is 2.40. The third-order valence-electron chi connectivity index (χ3n) is 4.16. The Hall–Kier alpha value is -1.38. The second-order valence-electron chi connectivity index (χ2n) is 6.64. The summed E-state index contributed by atoms with van der Waals surface area (Å²) in [6.45, 7) is 7.45. The van der Waals surface area contributed by atoms with Crippen molar-refractivity contribution < 1.29 is 4.74 Å². The summed E-state index contributed by atoms with van der Waals surface area (Å²) in [6, 6.07) is 5.97. The third-order valence-corrected chi connectivity index (χ3v) is 4.16. The topological polar surface area (TPSA) is 47.3 Å². The molecule has 0 aromatic heterocycles. The van der Waals surface area contributed by atoms with Crippen molar-refractivity contribution in [2.75, 3.05) is 17.6 Å². The lowest BCUT2D eigenvalue weighted by Gasteiger charge is -2.34. The molecule has 0 spiro atoms. The summed E-state index contributed by atoms with van der Waals surface area (Å²) in [5.41, 5.74) is 8.18. The molecule has 0 saturated heterocycles. The monoisotopic (exact) mass is 276 g/mol. The number of nitrogens with one attached hydrogen (secondary N) is 1. The Balaban J connectivity index is 1.98. The van der Waals surface area contributed by atoms with Crippen molar-refractivity contribution in [1.29, 1.82) is 0 Å². The predicted octanol–water partition coefficient (Wildman–Crippen LogP) is 4.44. The maximum absolute atomic E-state index is 5.95. The highest BCUT2D eigenvalue weighted by Gasteiger charge is 2.26. The zero-order valence-electron chi connectivity index (χ0n) is 13.0. The molecule has 3 N–H and O–H groups in total. The highest BCUT2D eigenvalue weighted by molar-refractivity contribution is 5.61. The summed E-state index contributed by atoms with van der Waals surface area (Å²) >= 11 is 0. The van der Waals surface area contributed by atoms with Gasteiger partial charge in [-0.05, 0) is 44.2 Å². The lowest BCUT2D eigenvalue weighted by Crippen LogP contribution is -2.28. The van der Waals surface area contributed by atoms with E-state index in [0.717, 1.165) is 18.0 Å². The fourth-order valence-electron chi connectivity index (χ4n) is 2.90. The maximum Gasteiger partial charge on any atom is 0.144 e. The van der Waals surface area contributed by atoms with E-state index in [1.807, 2.05) is 32.0 Å². The first kappa shape index (κ1) is 15.0. The molecule has 0 radical (unpaired) electrons. The van der Waals surface area contributed by atoms with E-state index < -0.39 is 0 Å². The van der Waals surface area contributed by atoms with Gasteiger partial charge < -0.3 is 15.8 Å². The van der Waals surface area contributed by atoms with Crippen molar-refractivity contribution in [3.05, 3.63) is 18.2 Å². The first-order valence-electron chi connectivity index (χ1n) is 7.79. The van der Waals surface area contributed by atoms with E-state index in [4.69, 9.17) is 10.5 Å². The van der Waals surface area contributed by atoms with Crippen LogP contribution in [0.2, 0.25) is 0 Å². The van der Waals surface area contributed by atoms with Gasteiger partial charge in [-0.25, -0.2) is 0 Å². The Morgan fingerprint density at radius 1 is 1.25 bits per heavy atom. The summed E-state index contributed by atoms with van der Waals surface area (Å²) in [4.78, 5) is 0. The van der Waals surface area contributed by atoms with Gasteiger partial charge >= 0.3 is 0 Å². The molecular formula is C17H28N2O. The van der Waals surface area contributed by atoms with E-state index in [2.05, 4.69) is 12.2 Å². The minimum Gasteiger partial charge on any atom is -0.489 e. The number of hydrogen-bond acceptors (Lipinski definition) is 3. The zero-order chi connectivity index (χ0) is 14.6. The van der Waals surface area contributed by atoms with Crippen LogP contribution in [-0.2, 0) is 0 Å². The Bertz CT molecular complexity index is 437. The summed E-state index contributed by atoms with van der Waals surface area (Å²) < 4.78 is 5.74. The maximum atomic E-state index is 5.95. The number of benzene rings is 1. The molecule has 1 aliphatic rings. The molecule has 0 aliphatic heterocycles. The van der Waals surface area contributed by atoms with Gasteiger partial charge in [0.05, 0.1) is 11.8 Å². The average molecular weight is 276 g/mol. The van der Waals surface area contributed by atoms with E-state index in [1.165, 1.54) is 32.1 Å². The van der Waals surface area contributed by atoms with Gasteiger partial charge in [0.1, 0.15) is 5.75 Å². The minimum absolute atomic E-state index is 0.142. The predicted molar refractivity (Wildman–Crippen MR) is 86.3 cm³/mol. The van der Waals surface area contributed by atoms with Crippen LogP contribution in [0.25, 0.3) is 0 Å². The smallest absolute Gasteiger partial charge is 0.144 e. The van der Waals surface area contributed by atoms with Crippen LogP contribution in [0.4, 0.5) is 11.4 Å². The van der Waals surface area contributed by atoms with Crippen molar-refractivity contribution in [3.8, 4) is 5.75 Å². The van der Waals surface area contributed by atoms with E-state index in [9.17, 15) is 0 Å². The summed E-state index contributed by atoms with van der Waals surface area (Å²) in [5, 5.41) is 3.56. The molecule has 20 heavy (non-hydrogen) atoms. The van der Waals surface area contributed by atoms with E-state index in [1.54, 1.807) is 0 Å². The van der Waals surface area contributed by atoms with Crippen LogP contribution in [0, 0.1) is 5.41 Å². The van der Waals surface area contributed by atoms with Crippen LogP contribution >= 0.6 is 0 Å². The second-order valence-corrected chi connectivity index (χ2v) is 6.64. The van der Waals surface area contributed by atoms with Crippen LogP contribution in [0.1, 0.15) is 52.9 Å². The van der Waals surface area contributed by atoms with Crippen LogP contribution in [0.15, 0.2) is 18.2 Å².